The molecule has 3 N–H and O–H groups in total. The van der Waals surface area contributed by atoms with Gasteiger partial charge in [0.1, 0.15) is 0 Å². The number of carbonyl (C=O) groups is 1. The minimum Gasteiger partial charge on any atom is -0.667 e. The van der Waals surface area contributed by atoms with Crippen LogP contribution in [0.5, 0.6) is 0 Å². The molecule has 0 radical (unpaired) electrons. The van der Waals surface area contributed by atoms with Crippen molar-refractivity contribution in [1.29, 1.82) is 5.41 Å². The molecule has 0 heterocycles. The Hall–Kier alpha value is -1.39. The highest BCUT2D eigenvalue weighted by atomic mass is 35.5. The molecule has 0 aliphatic rings. The van der Waals surface area contributed by atoms with Crippen molar-refractivity contribution in [1.82, 2.24) is 5.32 Å². The van der Waals surface area contributed by atoms with E-state index >= 15 is 0 Å². The van der Waals surface area contributed by atoms with Crippen molar-refractivity contribution in [2.75, 3.05) is 0 Å². The molecule has 0 bridgehead atoms. The molecule has 0 aromatic heterocycles. The number of carbonyl (C=O) groups excluding carboxylic acids is 1. The average molecular weight is 239 g/mol. The molecule has 0 spiro atoms. The first kappa shape index (κ1) is 12.7. The lowest BCUT2D eigenvalue weighted by Crippen LogP contribution is -2.32. The smallest absolute Gasteiger partial charge is 0.202 e. The third-order valence-electron chi connectivity index (χ3n) is 2.03. The second kappa shape index (κ2) is 6.25. The molecule has 16 heavy (non-hydrogen) atoms. The van der Waals surface area contributed by atoms with Gasteiger partial charge in [0.2, 0.25) is 5.91 Å². The van der Waals surface area contributed by atoms with Crippen LogP contribution < -0.4 is 5.32 Å². The van der Waals surface area contributed by atoms with Crippen LogP contribution in [0.25, 0.3) is 5.73 Å². The number of nitrogens with one attached hydrogen (secondary N) is 3. The van der Waals surface area contributed by atoms with Crippen LogP contribution in [0.1, 0.15) is 12.0 Å². The monoisotopic (exact) mass is 238 g/mol. The summed E-state index contributed by atoms with van der Waals surface area (Å²) in [5.41, 5.74) is 8.29. The highest BCUT2D eigenvalue weighted by Crippen LogP contribution is 2.10. The zero-order valence-corrected chi connectivity index (χ0v) is 9.42. The maximum atomic E-state index is 11.4. The Morgan fingerprint density at radius 1 is 1.62 bits per heavy atom. The zero-order valence-electron chi connectivity index (χ0n) is 8.66. The summed E-state index contributed by atoms with van der Waals surface area (Å²) < 4.78 is 0. The first-order valence-corrected chi connectivity index (χ1v) is 5.23. The maximum absolute atomic E-state index is 11.4. The van der Waals surface area contributed by atoms with Gasteiger partial charge in [0, 0.05) is 11.6 Å². The van der Waals surface area contributed by atoms with E-state index in [1.807, 2.05) is 6.07 Å². The second-order valence-corrected chi connectivity index (χ2v) is 3.78. The predicted molar refractivity (Wildman–Crippen MR) is 64.8 cm³/mol. The molecule has 1 aromatic rings. The quantitative estimate of drug-likeness (QED) is 0.760. The molecule has 86 valence electrons. The SMILES string of the molecule is N=CCC([NH-])C(=O)NCc1cccc(Cl)c1. The topological polar surface area (TPSA) is 76.8 Å². The van der Waals surface area contributed by atoms with Crippen LogP contribution in [0, 0.1) is 5.41 Å². The molecule has 0 fully saturated rings. The fourth-order valence-corrected chi connectivity index (χ4v) is 1.40. The molecule has 4 nitrogen and oxygen atoms in total. The molecule has 0 saturated carbocycles. The van der Waals surface area contributed by atoms with E-state index in [0.29, 0.717) is 11.6 Å². The molecular formula is C11H13ClN3O-. The van der Waals surface area contributed by atoms with Crippen LogP contribution in [0.2, 0.25) is 5.02 Å². The van der Waals surface area contributed by atoms with Gasteiger partial charge in [-0.3, -0.25) is 4.79 Å². The summed E-state index contributed by atoms with van der Waals surface area (Å²) >= 11 is 5.79. The normalized spacial score (nSPS) is 11.9. The number of hydrogen-bond donors (Lipinski definition) is 2. The first-order chi connectivity index (χ1) is 7.63. The highest BCUT2D eigenvalue weighted by Gasteiger charge is 2.04. The van der Waals surface area contributed by atoms with Crippen LogP contribution in [0.4, 0.5) is 0 Å². The van der Waals surface area contributed by atoms with Crippen molar-refractivity contribution < 1.29 is 4.79 Å². The van der Waals surface area contributed by atoms with Crippen LogP contribution in [-0.2, 0) is 11.3 Å². The van der Waals surface area contributed by atoms with Crippen molar-refractivity contribution in [2.45, 2.75) is 19.0 Å². The summed E-state index contributed by atoms with van der Waals surface area (Å²) in [6, 6.07) is 6.27. The Morgan fingerprint density at radius 2 is 2.38 bits per heavy atom. The zero-order chi connectivity index (χ0) is 12.0. The van der Waals surface area contributed by atoms with E-state index in [1.165, 1.54) is 0 Å². The Balaban J connectivity index is 2.45. The van der Waals surface area contributed by atoms with Crippen molar-refractivity contribution in [3.8, 4) is 0 Å². The standard InChI is InChI=1S/C11H13ClN3O/c12-9-3-1-2-8(6-9)7-15-11(16)10(14)4-5-13/h1-3,5-6,10,13-14H,4,7H2,(H,15,16)/q-1. The summed E-state index contributed by atoms with van der Waals surface area (Å²) in [5, 5.41) is 10.0. The summed E-state index contributed by atoms with van der Waals surface area (Å²) in [7, 11) is 0. The molecule has 1 amide bonds. The minimum absolute atomic E-state index is 0.140. The lowest BCUT2D eigenvalue weighted by atomic mass is 10.2. The number of amides is 1. The van der Waals surface area contributed by atoms with E-state index in [0.717, 1.165) is 11.8 Å². The molecule has 1 atom stereocenters. The van der Waals surface area contributed by atoms with Crippen molar-refractivity contribution in [3.05, 3.63) is 40.6 Å². The van der Waals surface area contributed by atoms with Gasteiger partial charge < -0.3 is 16.5 Å². The first-order valence-electron chi connectivity index (χ1n) is 4.85. The van der Waals surface area contributed by atoms with Gasteiger partial charge in [-0.25, -0.2) is 0 Å². The Labute approximate surface area is 99.3 Å². The van der Waals surface area contributed by atoms with Crippen molar-refractivity contribution >= 4 is 23.7 Å². The fourth-order valence-electron chi connectivity index (χ4n) is 1.18. The second-order valence-electron chi connectivity index (χ2n) is 3.34. The van der Waals surface area contributed by atoms with Gasteiger partial charge in [0.25, 0.3) is 0 Å². The predicted octanol–water partition coefficient (Wildman–Crippen LogP) is 2.42. The van der Waals surface area contributed by atoms with Crippen molar-refractivity contribution in [2.24, 2.45) is 0 Å². The highest BCUT2D eigenvalue weighted by molar-refractivity contribution is 6.30. The van der Waals surface area contributed by atoms with E-state index < -0.39 is 6.04 Å². The summed E-state index contributed by atoms with van der Waals surface area (Å²) in [4.78, 5) is 11.4. The van der Waals surface area contributed by atoms with E-state index in [-0.39, 0.29) is 12.3 Å². The fraction of sp³-hybridized carbons (Fsp3) is 0.273. The lowest BCUT2D eigenvalue weighted by molar-refractivity contribution is -0.121. The number of halogens is 1. The summed E-state index contributed by atoms with van der Waals surface area (Å²) in [5.74, 6) is -0.372. The molecule has 1 rings (SSSR count). The van der Waals surface area contributed by atoms with E-state index in [1.54, 1.807) is 18.2 Å². The van der Waals surface area contributed by atoms with Crippen LogP contribution >= 0.6 is 11.6 Å². The Morgan fingerprint density at radius 3 is 3.00 bits per heavy atom. The van der Waals surface area contributed by atoms with Gasteiger partial charge in [0.15, 0.2) is 0 Å². The Kier molecular flexibility index (Phi) is 4.95. The minimum atomic E-state index is -0.906. The molecule has 0 saturated heterocycles. The van der Waals surface area contributed by atoms with Gasteiger partial charge in [-0.15, -0.1) is 0 Å². The van der Waals surface area contributed by atoms with Crippen LogP contribution in [-0.4, -0.2) is 18.2 Å². The third-order valence-corrected chi connectivity index (χ3v) is 2.26. The molecule has 5 heteroatoms. The lowest BCUT2D eigenvalue weighted by Gasteiger charge is -2.16. The van der Waals surface area contributed by atoms with Gasteiger partial charge in [-0.2, -0.15) is 0 Å². The van der Waals surface area contributed by atoms with Crippen molar-refractivity contribution in [3.63, 3.8) is 0 Å². The van der Waals surface area contributed by atoms with E-state index in [4.69, 9.17) is 22.7 Å². The number of rotatable bonds is 5. The van der Waals surface area contributed by atoms with Gasteiger partial charge >= 0.3 is 0 Å². The van der Waals surface area contributed by atoms with Gasteiger partial charge in [-0.1, -0.05) is 29.8 Å². The van der Waals surface area contributed by atoms with Gasteiger partial charge in [0.05, 0.1) is 0 Å². The molecule has 1 unspecified atom stereocenters. The number of hydrogen-bond acceptors (Lipinski definition) is 2. The molecule has 0 aliphatic carbocycles. The number of benzene rings is 1. The molecular weight excluding hydrogens is 226 g/mol. The van der Waals surface area contributed by atoms with Crippen LogP contribution in [0.15, 0.2) is 24.3 Å². The Bertz CT molecular complexity index is 381. The molecule has 0 aliphatic heterocycles. The van der Waals surface area contributed by atoms with E-state index in [2.05, 4.69) is 5.32 Å². The average Bonchev–Trinajstić information content (AvgIpc) is 2.26. The van der Waals surface area contributed by atoms with E-state index in [9.17, 15) is 4.79 Å². The van der Waals surface area contributed by atoms with Crippen LogP contribution in [0.3, 0.4) is 0 Å². The maximum Gasteiger partial charge on any atom is 0.202 e. The third kappa shape index (κ3) is 4.00. The molecule has 1 aromatic carbocycles. The van der Waals surface area contributed by atoms with Gasteiger partial charge in [-0.05, 0) is 30.3 Å². The summed E-state index contributed by atoms with van der Waals surface area (Å²) in [6.07, 6.45) is 1.21. The largest absolute Gasteiger partial charge is 0.667 e. The summed E-state index contributed by atoms with van der Waals surface area (Å²) in [6.45, 7) is 0.354.